The molecule has 0 saturated heterocycles. The van der Waals surface area contributed by atoms with Gasteiger partial charge in [-0.1, -0.05) is 46.4 Å². The maximum atomic E-state index is 12.4. The predicted octanol–water partition coefficient (Wildman–Crippen LogP) is 4.33. The number of amides is 1. The minimum Gasteiger partial charge on any atom is -0.314 e. The molecule has 2 rings (SSSR count). The van der Waals surface area contributed by atoms with Crippen molar-refractivity contribution >= 4 is 58.0 Å². The summed E-state index contributed by atoms with van der Waals surface area (Å²) in [5.74, 6) is -0.0916. The van der Waals surface area contributed by atoms with E-state index < -0.39 is 9.21 Å². The number of carbonyl (C=O) groups excluding carboxylic acids is 1. The fourth-order valence-corrected chi connectivity index (χ4v) is 3.38. The van der Waals surface area contributed by atoms with E-state index >= 15 is 0 Å². The van der Waals surface area contributed by atoms with Gasteiger partial charge in [0.1, 0.15) is 0 Å². The summed E-state index contributed by atoms with van der Waals surface area (Å²) >= 11 is 23.5. The summed E-state index contributed by atoms with van der Waals surface area (Å²) in [6.45, 7) is 1.77. The molecule has 0 aliphatic carbocycles. The molecule has 0 radical (unpaired) electrons. The summed E-state index contributed by atoms with van der Waals surface area (Å²) in [6.07, 6.45) is 0.112. The topological polar surface area (TPSA) is 20.3 Å². The molecule has 0 saturated carbocycles. The molecule has 1 aliphatic heterocycles. The van der Waals surface area contributed by atoms with Crippen LogP contribution in [0.25, 0.3) is 0 Å². The molecule has 0 spiro atoms. The Morgan fingerprint density at radius 3 is 2.50 bits per heavy atom. The van der Waals surface area contributed by atoms with Crippen LogP contribution in [0.4, 0.5) is 5.69 Å². The fourth-order valence-electron chi connectivity index (χ4n) is 2.41. The van der Waals surface area contributed by atoms with E-state index in [1.54, 1.807) is 37.1 Å². The Morgan fingerprint density at radius 2 is 1.94 bits per heavy atom. The molecular formula is C12H11Cl4NO. The number of nitrogens with zero attached hydrogens (tertiary/aromatic N) is 1. The zero-order chi connectivity index (χ0) is 13.7. The van der Waals surface area contributed by atoms with Gasteiger partial charge in [0.15, 0.2) is 3.79 Å². The van der Waals surface area contributed by atoms with Gasteiger partial charge in [0.25, 0.3) is 0 Å². The van der Waals surface area contributed by atoms with Gasteiger partial charge >= 0.3 is 0 Å². The zero-order valence-corrected chi connectivity index (χ0v) is 12.8. The molecule has 1 atom stereocenters. The summed E-state index contributed by atoms with van der Waals surface area (Å²) in [5, 5.41) is 0.562. The standard InChI is InChI=1S/C12H11Cl4NO/c1-11(6-12(14,15)16)8-5-7(13)3-4-9(8)17(2)10(11)18/h3-5H,6H2,1-2H3. The molecule has 18 heavy (non-hydrogen) atoms. The van der Waals surface area contributed by atoms with Crippen LogP contribution in [0.2, 0.25) is 5.02 Å². The molecule has 1 aliphatic rings. The summed E-state index contributed by atoms with van der Waals surface area (Å²) < 4.78 is -1.49. The average molecular weight is 327 g/mol. The average Bonchev–Trinajstić information content (AvgIpc) is 2.39. The molecule has 6 heteroatoms. The lowest BCUT2D eigenvalue weighted by molar-refractivity contribution is -0.122. The van der Waals surface area contributed by atoms with Crippen LogP contribution in [0.1, 0.15) is 18.9 Å². The Hall–Kier alpha value is -0.150. The first kappa shape index (κ1) is 14.3. The van der Waals surface area contributed by atoms with Crippen LogP contribution in [0.5, 0.6) is 0 Å². The highest BCUT2D eigenvalue weighted by Crippen LogP contribution is 2.49. The van der Waals surface area contributed by atoms with Crippen molar-refractivity contribution in [2.24, 2.45) is 0 Å². The summed E-state index contributed by atoms with van der Waals surface area (Å²) in [4.78, 5) is 14.0. The van der Waals surface area contributed by atoms with E-state index in [0.717, 1.165) is 11.3 Å². The second-order valence-corrected chi connectivity index (χ2v) is 7.60. The third-order valence-electron chi connectivity index (χ3n) is 3.25. The van der Waals surface area contributed by atoms with E-state index in [1.807, 2.05) is 0 Å². The Labute approximate surface area is 126 Å². The highest BCUT2D eigenvalue weighted by Gasteiger charge is 2.49. The SMILES string of the molecule is CN1C(=O)C(C)(CC(Cl)(Cl)Cl)c2cc(Cl)ccc21. The molecule has 1 aromatic carbocycles. The van der Waals surface area contributed by atoms with Crippen LogP contribution in [-0.2, 0) is 10.2 Å². The molecule has 1 unspecified atom stereocenters. The quantitative estimate of drug-likeness (QED) is 0.703. The Bertz CT molecular complexity index is 511. The van der Waals surface area contributed by atoms with E-state index in [1.165, 1.54) is 0 Å². The molecule has 1 aromatic rings. The summed E-state index contributed by atoms with van der Waals surface area (Å²) in [6, 6.07) is 5.30. The predicted molar refractivity (Wildman–Crippen MR) is 77.1 cm³/mol. The summed E-state index contributed by atoms with van der Waals surface area (Å²) in [7, 11) is 1.71. The van der Waals surface area contributed by atoms with E-state index in [2.05, 4.69) is 0 Å². The molecular weight excluding hydrogens is 316 g/mol. The van der Waals surface area contributed by atoms with E-state index in [-0.39, 0.29) is 12.3 Å². The zero-order valence-electron chi connectivity index (χ0n) is 9.81. The number of hydrogen-bond acceptors (Lipinski definition) is 1. The van der Waals surface area contributed by atoms with Gasteiger partial charge in [-0.15, -0.1) is 0 Å². The van der Waals surface area contributed by atoms with Crippen LogP contribution in [-0.4, -0.2) is 16.7 Å². The number of likely N-dealkylation sites (N-methyl/N-ethyl adjacent to an activating group) is 1. The largest absolute Gasteiger partial charge is 0.314 e. The van der Waals surface area contributed by atoms with E-state index in [9.17, 15) is 4.79 Å². The molecule has 0 aromatic heterocycles. The van der Waals surface area contributed by atoms with Gasteiger partial charge in [0, 0.05) is 24.2 Å². The van der Waals surface area contributed by atoms with Crippen molar-refractivity contribution in [1.82, 2.24) is 0 Å². The number of fused-ring (bicyclic) bond motifs is 1. The molecule has 0 bridgehead atoms. The lowest BCUT2D eigenvalue weighted by atomic mass is 9.81. The smallest absolute Gasteiger partial charge is 0.237 e. The first-order valence-electron chi connectivity index (χ1n) is 5.30. The molecule has 1 heterocycles. The van der Waals surface area contributed by atoms with Crippen molar-refractivity contribution in [3.8, 4) is 0 Å². The molecule has 2 nitrogen and oxygen atoms in total. The van der Waals surface area contributed by atoms with Crippen molar-refractivity contribution in [1.29, 1.82) is 0 Å². The molecule has 1 amide bonds. The van der Waals surface area contributed by atoms with Crippen molar-refractivity contribution in [3.05, 3.63) is 28.8 Å². The van der Waals surface area contributed by atoms with Gasteiger partial charge in [-0.3, -0.25) is 4.79 Å². The van der Waals surface area contributed by atoms with Gasteiger partial charge < -0.3 is 4.90 Å². The van der Waals surface area contributed by atoms with Crippen LogP contribution in [0.15, 0.2) is 18.2 Å². The first-order valence-corrected chi connectivity index (χ1v) is 6.81. The number of rotatable bonds is 1. The highest BCUT2D eigenvalue weighted by molar-refractivity contribution is 6.67. The summed E-state index contributed by atoms with van der Waals surface area (Å²) in [5.41, 5.74) is 0.746. The van der Waals surface area contributed by atoms with Gasteiger partial charge in [-0.2, -0.15) is 0 Å². The second-order valence-electron chi connectivity index (χ2n) is 4.65. The lowest BCUT2D eigenvalue weighted by Gasteiger charge is -2.27. The van der Waals surface area contributed by atoms with Gasteiger partial charge in [-0.25, -0.2) is 0 Å². The Kier molecular flexibility index (Phi) is 3.52. The van der Waals surface area contributed by atoms with Gasteiger partial charge in [0.2, 0.25) is 5.91 Å². The molecule has 0 N–H and O–H groups in total. The number of carbonyl (C=O) groups is 1. The van der Waals surface area contributed by atoms with Gasteiger partial charge in [-0.05, 0) is 30.7 Å². The van der Waals surface area contributed by atoms with Crippen LogP contribution in [0, 0.1) is 0 Å². The monoisotopic (exact) mass is 325 g/mol. The minimum atomic E-state index is -1.49. The Balaban J connectivity index is 2.57. The normalized spacial score (nSPS) is 23.4. The number of hydrogen-bond donors (Lipinski definition) is 0. The third-order valence-corrected chi connectivity index (χ3v) is 3.88. The minimum absolute atomic E-state index is 0.0916. The third kappa shape index (κ3) is 2.32. The Morgan fingerprint density at radius 1 is 1.33 bits per heavy atom. The molecule has 0 fully saturated rings. The van der Waals surface area contributed by atoms with E-state index in [4.69, 9.17) is 46.4 Å². The van der Waals surface area contributed by atoms with Crippen molar-refractivity contribution < 1.29 is 4.79 Å². The fraction of sp³-hybridized carbons (Fsp3) is 0.417. The molecule has 98 valence electrons. The van der Waals surface area contributed by atoms with Gasteiger partial charge in [0.05, 0.1) is 5.41 Å². The van der Waals surface area contributed by atoms with Crippen LogP contribution in [0.3, 0.4) is 0 Å². The van der Waals surface area contributed by atoms with Crippen molar-refractivity contribution in [2.45, 2.75) is 22.6 Å². The van der Waals surface area contributed by atoms with Crippen LogP contribution >= 0.6 is 46.4 Å². The number of halogens is 4. The first-order chi connectivity index (χ1) is 8.15. The van der Waals surface area contributed by atoms with Crippen LogP contribution < -0.4 is 4.90 Å². The number of alkyl halides is 3. The lowest BCUT2D eigenvalue weighted by Crippen LogP contribution is -2.38. The van der Waals surface area contributed by atoms with Crippen molar-refractivity contribution in [3.63, 3.8) is 0 Å². The maximum Gasteiger partial charge on any atom is 0.237 e. The maximum absolute atomic E-state index is 12.4. The highest BCUT2D eigenvalue weighted by atomic mass is 35.6. The second kappa shape index (κ2) is 4.45. The number of anilines is 1. The van der Waals surface area contributed by atoms with Crippen molar-refractivity contribution in [2.75, 3.05) is 11.9 Å². The van der Waals surface area contributed by atoms with E-state index in [0.29, 0.717) is 5.02 Å². The number of benzene rings is 1.